The van der Waals surface area contributed by atoms with Crippen molar-refractivity contribution in [1.29, 1.82) is 0 Å². The van der Waals surface area contributed by atoms with E-state index in [1.165, 1.54) is 24.5 Å². The van der Waals surface area contributed by atoms with E-state index in [-0.39, 0.29) is 11.7 Å². The molecule has 0 fully saturated rings. The maximum atomic E-state index is 13.5. The number of aromatic nitrogens is 2. The normalized spacial score (nSPS) is 10.6. The molecule has 0 amide bonds. The minimum Gasteiger partial charge on any atom is -0.368 e. The van der Waals surface area contributed by atoms with Gasteiger partial charge in [0.05, 0.1) is 0 Å². The molecule has 0 aliphatic rings. The predicted octanol–water partition coefficient (Wildman–Crippen LogP) is 3.32. The molecule has 0 radical (unpaired) electrons. The van der Waals surface area contributed by atoms with Crippen molar-refractivity contribution in [2.75, 3.05) is 10.6 Å². The fourth-order valence-corrected chi connectivity index (χ4v) is 1.55. The summed E-state index contributed by atoms with van der Waals surface area (Å²) in [5.41, 5.74) is -0.225. The van der Waals surface area contributed by atoms with Crippen LogP contribution in [0.15, 0.2) is 30.6 Å². The summed E-state index contributed by atoms with van der Waals surface area (Å²) in [6.07, 6.45) is 1.33. The van der Waals surface area contributed by atoms with Crippen molar-refractivity contribution in [3.05, 3.63) is 42.2 Å². The lowest BCUT2D eigenvalue weighted by atomic mass is 10.3. The molecule has 0 aliphatic carbocycles. The Morgan fingerprint density at radius 2 is 1.68 bits per heavy atom. The summed E-state index contributed by atoms with van der Waals surface area (Å²) in [4.78, 5) is 7.94. The van der Waals surface area contributed by atoms with Gasteiger partial charge in [-0.3, -0.25) is 0 Å². The van der Waals surface area contributed by atoms with Crippen LogP contribution in [0, 0.1) is 11.6 Å². The average molecular weight is 264 g/mol. The first-order chi connectivity index (χ1) is 9.06. The first-order valence-corrected chi connectivity index (χ1v) is 5.86. The number of benzene rings is 1. The van der Waals surface area contributed by atoms with Crippen LogP contribution in [0.3, 0.4) is 0 Å². The molecule has 0 unspecified atom stereocenters. The van der Waals surface area contributed by atoms with Crippen LogP contribution >= 0.6 is 0 Å². The van der Waals surface area contributed by atoms with Crippen LogP contribution in [0.5, 0.6) is 0 Å². The molecule has 100 valence electrons. The summed E-state index contributed by atoms with van der Waals surface area (Å²) < 4.78 is 27.0. The number of nitrogens with zero attached hydrogens (tertiary/aromatic N) is 2. The lowest BCUT2D eigenvalue weighted by Crippen LogP contribution is -2.11. The molecule has 1 aromatic heterocycles. The van der Waals surface area contributed by atoms with Crippen molar-refractivity contribution in [3.8, 4) is 0 Å². The topological polar surface area (TPSA) is 49.8 Å². The van der Waals surface area contributed by atoms with E-state index in [1.54, 1.807) is 6.07 Å². The van der Waals surface area contributed by atoms with Gasteiger partial charge in [-0.25, -0.2) is 18.7 Å². The Bertz CT molecular complexity index is 552. The number of anilines is 3. The summed E-state index contributed by atoms with van der Waals surface area (Å²) in [5, 5.41) is 5.69. The van der Waals surface area contributed by atoms with Crippen LogP contribution in [0.2, 0.25) is 0 Å². The van der Waals surface area contributed by atoms with Gasteiger partial charge >= 0.3 is 0 Å². The van der Waals surface area contributed by atoms with E-state index in [1.807, 2.05) is 13.8 Å². The van der Waals surface area contributed by atoms with Gasteiger partial charge < -0.3 is 10.6 Å². The quantitative estimate of drug-likeness (QED) is 0.889. The second kappa shape index (κ2) is 5.60. The number of halogens is 2. The zero-order valence-electron chi connectivity index (χ0n) is 10.6. The fourth-order valence-electron chi connectivity index (χ4n) is 1.55. The minimum absolute atomic E-state index is 0.202. The Kier molecular flexibility index (Phi) is 3.89. The maximum absolute atomic E-state index is 13.5. The summed E-state index contributed by atoms with van der Waals surface area (Å²) in [6.45, 7) is 3.93. The molecule has 2 N–H and O–H groups in total. The molecule has 0 spiro atoms. The van der Waals surface area contributed by atoms with Gasteiger partial charge in [0.15, 0.2) is 0 Å². The Morgan fingerprint density at radius 3 is 2.32 bits per heavy atom. The molecule has 0 saturated carbocycles. The van der Waals surface area contributed by atoms with Gasteiger partial charge in [0.2, 0.25) is 0 Å². The highest BCUT2D eigenvalue weighted by atomic mass is 19.1. The van der Waals surface area contributed by atoms with Crippen molar-refractivity contribution in [3.63, 3.8) is 0 Å². The van der Waals surface area contributed by atoms with Crippen LogP contribution in [-0.4, -0.2) is 16.0 Å². The Labute approximate surface area is 109 Å². The van der Waals surface area contributed by atoms with Gasteiger partial charge in [-0.1, -0.05) is 6.07 Å². The molecule has 2 rings (SSSR count). The van der Waals surface area contributed by atoms with Crippen molar-refractivity contribution in [2.45, 2.75) is 19.9 Å². The highest BCUT2D eigenvalue weighted by Crippen LogP contribution is 2.22. The lowest BCUT2D eigenvalue weighted by molar-refractivity contribution is 0.590. The van der Waals surface area contributed by atoms with Crippen LogP contribution in [0.25, 0.3) is 0 Å². The summed E-state index contributed by atoms with van der Waals surface area (Å²) >= 11 is 0. The average Bonchev–Trinajstić information content (AvgIpc) is 2.34. The predicted molar refractivity (Wildman–Crippen MR) is 70.4 cm³/mol. The van der Waals surface area contributed by atoms with Crippen molar-refractivity contribution in [1.82, 2.24) is 9.97 Å². The summed E-state index contributed by atoms with van der Waals surface area (Å²) in [5.74, 6) is -0.430. The van der Waals surface area contributed by atoms with Gasteiger partial charge in [0, 0.05) is 12.1 Å². The standard InChI is InChI=1S/C13H14F2N4/c1-8(2)18-11-6-12(17-7-16-11)19-13-9(14)4-3-5-10(13)15/h3-8H,1-2H3,(H2,16,17,18,19). The van der Waals surface area contributed by atoms with E-state index in [0.717, 1.165) is 0 Å². The zero-order valence-corrected chi connectivity index (χ0v) is 10.6. The number of rotatable bonds is 4. The molecule has 19 heavy (non-hydrogen) atoms. The Hall–Kier alpha value is -2.24. The number of hydrogen-bond acceptors (Lipinski definition) is 4. The van der Waals surface area contributed by atoms with Gasteiger partial charge in [0.1, 0.15) is 35.3 Å². The molecule has 1 aromatic carbocycles. The molecule has 6 heteroatoms. The highest BCUT2D eigenvalue weighted by molar-refractivity contribution is 5.60. The Morgan fingerprint density at radius 1 is 1.05 bits per heavy atom. The fraction of sp³-hybridized carbons (Fsp3) is 0.231. The molecule has 4 nitrogen and oxygen atoms in total. The summed E-state index contributed by atoms with van der Waals surface area (Å²) in [6, 6.07) is 5.46. The van der Waals surface area contributed by atoms with E-state index in [9.17, 15) is 8.78 Å². The molecule has 0 atom stereocenters. The second-order valence-electron chi connectivity index (χ2n) is 4.31. The smallest absolute Gasteiger partial charge is 0.149 e. The van der Waals surface area contributed by atoms with Gasteiger partial charge in [-0.15, -0.1) is 0 Å². The van der Waals surface area contributed by atoms with Gasteiger partial charge in [-0.2, -0.15) is 0 Å². The highest BCUT2D eigenvalue weighted by Gasteiger charge is 2.09. The molecular weight excluding hydrogens is 250 g/mol. The van der Waals surface area contributed by atoms with Crippen LogP contribution in [0.1, 0.15) is 13.8 Å². The molecule has 0 bridgehead atoms. The number of hydrogen-bond donors (Lipinski definition) is 2. The molecular formula is C13H14F2N4. The summed E-state index contributed by atoms with van der Waals surface area (Å²) in [7, 11) is 0. The van der Waals surface area contributed by atoms with E-state index in [0.29, 0.717) is 11.6 Å². The molecule has 0 saturated heterocycles. The third kappa shape index (κ3) is 3.37. The second-order valence-corrected chi connectivity index (χ2v) is 4.31. The SMILES string of the molecule is CC(C)Nc1cc(Nc2c(F)cccc2F)ncn1. The third-order valence-corrected chi connectivity index (χ3v) is 2.32. The van der Waals surface area contributed by atoms with E-state index in [4.69, 9.17) is 0 Å². The first kappa shape index (κ1) is 13.2. The zero-order chi connectivity index (χ0) is 13.8. The van der Waals surface area contributed by atoms with Gasteiger partial charge in [-0.05, 0) is 26.0 Å². The largest absolute Gasteiger partial charge is 0.368 e. The molecule has 0 aliphatic heterocycles. The lowest BCUT2D eigenvalue weighted by Gasteiger charge is -2.11. The van der Waals surface area contributed by atoms with Crippen LogP contribution in [-0.2, 0) is 0 Å². The van der Waals surface area contributed by atoms with Crippen LogP contribution < -0.4 is 10.6 Å². The number of nitrogens with one attached hydrogen (secondary N) is 2. The van der Waals surface area contributed by atoms with Gasteiger partial charge in [0.25, 0.3) is 0 Å². The molecule has 1 heterocycles. The molecule has 2 aromatic rings. The number of para-hydroxylation sites is 1. The van der Waals surface area contributed by atoms with E-state index in [2.05, 4.69) is 20.6 Å². The van der Waals surface area contributed by atoms with E-state index >= 15 is 0 Å². The maximum Gasteiger partial charge on any atom is 0.149 e. The van der Waals surface area contributed by atoms with Crippen molar-refractivity contribution >= 4 is 17.3 Å². The Balaban J connectivity index is 2.24. The van der Waals surface area contributed by atoms with Crippen molar-refractivity contribution < 1.29 is 8.78 Å². The van der Waals surface area contributed by atoms with E-state index < -0.39 is 11.6 Å². The van der Waals surface area contributed by atoms with Crippen molar-refractivity contribution in [2.24, 2.45) is 0 Å². The first-order valence-electron chi connectivity index (χ1n) is 5.86. The van der Waals surface area contributed by atoms with Crippen LogP contribution in [0.4, 0.5) is 26.1 Å². The third-order valence-electron chi connectivity index (χ3n) is 2.32. The monoisotopic (exact) mass is 264 g/mol. The minimum atomic E-state index is -0.669.